The number of nitrogens with zero attached hydrogens (tertiary/aromatic N) is 1. The fourth-order valence-corrected chi connectivity index (χ4v) is 2.88. The van der Waals surface area contributed by atoms with Crippen LogP contribution in [-0.4, -0.2) is 37.0 Å². The zero-order valence-corrected chi connectivity index (χ0v) is 11.5. The van der Waals surface area contributed by atoms with Gasteiger partial charge in [-0.1, -0.05) is 13.0 Å². The standard InChI is InChI=1S/C12H21N3OS/c1-4-15(8-11(16)14-3)12(9(2)13)10-6-5-7-17-10/h5-7,9,12H,4,8,13H2,1-3H3,(H,14,16). The van der Waals surface area contributed by atoms with Gasteiger partial charge in [0.05, 0.1) is 12.6 Å². The van der Waals surface area contributed by atoms with Crippen LogP contribution in [0.15, 0.2) is 17.5 Å². The minimum absolute atomic E-state index is 0.00161. The van der Waals surface area contributed by atoms with E-state index < -0.39 is 0 Å². The van der Waals surface area contributed by atoms with Gasteiger partial charge in [0.15, 0.2) is 0 Å². The Kier molecular flexibility index (Phi) is 5.61. The van der Waals surface area contributed by atoms with Gasteiger partial charge in [0, 0.05) is 18.0 Å². The molecule has 1 aromatic rings. The van der Waals surface area contributed by atoms with Crippen LogP contribution in [0.4, 0.5) is 0 Å². The SMILES string of the molecule is CCN(CC(=O)NC)C(c1cccs1)C(C)N. The van der Waals surface area contributed by atoms with Crippen LogP contribution < -0.4 is 11.1 Å². The normalized spacial score (nSPS) is 14.6. The number of carbonyl (C=O) groups is 1. The van der Waals surface area contributed by atoms with Crippen LogP contribution in [0.5, 0.6) is 0 Å². The molecule has 0 fully saturated rings. The zero-order chi connectivity index (χ0) is 12.8. The van der Waals surface area contributed by atoms with E-state index in [9.17, 15) is 4.79 Å². The lowest BCUT2D eigenvalue weighted by molar-refractivity contribution is -0.122. The maximum atomic E-state index is 11.5. The molecular formula is C12H21N3OS. The monoisotopic (exact) mass is 255 g/mol. The van der Waals surface area contributed by atoms with Crippen molar-refractivity contribution in [1.29, 1.82) is 0 Å². The predicted octanol–water partition coefficient (Wildman–Crippen LogP) is 1.20. The molecule has 0 aliphatic heterocycles. The summed E-state index contributed by atoms with van der Waals surface area (Å²) in [4.78, 5) is 14.8. The molecule has 0 spiro atoms. The number of hydrogen-bond acceptors (Lipinski definition) is 4. The van der Waals surface area contributed by atoms with E-state index in [1.165, 1.54) is 4.88 Å². The topological polar surface area (TPSA) is 58.4 Å². The van der Waals surface area contributed by atoms with E-state index in [1.54, 1.807) is 18.4 Å². The molecule has 0 aliphatic carbocycles. The van der Waals surface area contributed by atoms with E-state index in [0.29, 0.717) is 6.54 Å². The molecule has 1 heterocycles. The van der Waals surface area contributed by atoms with E-state index in [-0.39, 0.29) is 18.0 Å². The Morgan fingerprint density at radius 3 is 2.76 bits per heavy atom. The smallest absolute Gasteiger partial charge is 0.233 e. The molecule has 0 radical (unpaired) electrons. The summed E-state index contributed by atoms with van der Waals surface area (Å²) in [6, 6.07) is 4.20. The van der Waals surface area contributed by atoms with E-state index in [0.717, 1.165) is 6.54 Å². The third-order valence-electron chi connectivity index (χ3n) is 2.76. The van der Waals surface area contributed by atoms with Crippen molar-refractivity contribution >= 4 is 17.2 Å². The van der Waals surface area contributed by atoms with Crippen molar-refractivity contribution in [1.82, 2.24) is 10.2 Å². The van der Waals surface area contributed by atoms with Gasteiger partial charge >= 0.3 is 0 Å². The van der Waals surface area contributed by atoms with Crippen molar-refractivity contribution in [2.75, 3.05) is 20.1 Å². The second-order valence-electron chi connectivity index (χ2n) is 4.06. The molecule has 1 aromatic heterocycles. The first kappa shape index (κ1) is 14.2. The van der Waals surface area contributed by atoms with Crippen molar-refractivity contribution in [3.8, 4) is 0 Å². The molecule has 1 amide bonds. The molecule has 2 atom stereocenters. The molecule has 2 unspecified atom stereocenters. The summed E-state index contributed by atoms with van der Waals surface area (Å²) < 4.78 is 0. The van der Waals surface area contributed by atoms with Crippen LogP contribution in [0, 0.1) is 0 Å². The number of rotatable bonds is 6. The molecule has 5 heteroatoms. The second-order valence-corrected chi connectivity index (χ2v) is 5.03. The van der Waals surface area contributed by atoms with E-state index in [4.69, 9.17) is 5.73 Å². The van der Waals surface area contributed by atoms with Gasteiger partial charge < -0.3 is 11.1 Å². The molecule has 1 rings (SSSR count). The highest BCUT2D eigenvalue weighted by atomic mass is 32.1. The molecule has 0 saturated carbocycles. The Bertz CT molecular complexity index is 338. The van der Waals surface area contributed by atoms with Crippen molar-refractivity contribution in [3.05, 3.63) is 22.4 Å². The third-order valence-corrected chi connectivity index (χ3v) is 3.70. The van der Waals surface area contributed by atoms with Gasteiger partial charge in [0.2, 0.25) is 5.91 Å². The summed E-state index contributed by atoms with van der Waals surface area (Å²) in [5.41, 5.74) is 6.05. The second kappa shape index (κ2) is 6.74. The number of likely N-dealkylation sites (N-methyl/N-ethyl adjacent to an activating group) is 2. The van der Waals surface area contributed by atoms with Crippen LogP contribution in [0.2, 0.25) is 0 Å². The fourth-order valence-electron chi connectivity index (χ4n) is 1.90. The fraction of sp³-hybridized carbons (Fsp3) is 0.583. The van der Waals surface area contributed by atoms with Crippen LogP contribution in [-0.2, 0) is 4.79 Å². The quantitative estimate of drug-likeness (QED) is 0.803. The number of hydrogen-bond donors (Lipinski definition) is 2. The minimum Gasteiger partial charge on any atom is -0.358 e. The summed E-state index contributed by atoms with van der Waals surface area (Å²) in [6.07, 6.45) is 0. The van der Waals surface area contributed by atoms with Crippen LogP contribution >= 0.6 is 11.3 Å². The molecule has 0 aromatic carbocycles. The van der Waals surface area contributed by atoms with E-state index >= 15 is 0 Å². The Morgan fingerprint density at radius 1 is 1.65 bits per heavy atom. The van der Waals surface area contributed by atoms with Crippen molar-refractivity contribution in [2.45, 2.75) is 25.9 Å². The molecule has 3 N–H and O–H groups in total. The summed E-state index contributed by atoms with van der Waals surface area (Å²) in [6.45, 7) is 5.22. The van der Waals surface area contributed by atoms with Gasteiger partial charge in [-0.2, -0.15) is 0 Å². The van der Waals surface area contributed by atoms with Gasteiger partial charge in [-0.05, 0) is 24.9 Å². The summed E-state index contributed by atoms with van der Waals surface area (Å²) in [5, 5.41) is 4.69. The van der Waals surface area contributed by atoms with Crippen LogP contribution in [0.1, 0.15) is 24.8 Å². The van der Waals surface area contributed by atoms with Crippen LogP contribution in [0.3, 0.4) is 0 Å². The van der Waals surface area contributed by atoms with E-state index in [2.05, 4.69) is 16.3 Å². The lowest BCUT2D eigenvalue weighted by atomic mass is 10.1. The number of nitrogens with one attached hydrogen (secondary N) is 1. The maximum absolute atomic E-state index is 11.5. The van der Waals surface area contributed by atoms with Gasteiger partial charge in [0.1, 0.15) is 0 Å². The van der Waals surface area contributed by atoms with Gasteiger partial charge in [0.25, 0.3) is 0 Å². The van der Waals surface area contributed by atoms with Crippen LogP contribution in [0.25, 0.3) is 0 Å². The zero-order valence-electron chi connectivity index (χ0n) is 10.6. The number of carbonyl (C=O) groups excluding carboxylic acids is 1. The minimum atomic E-state index is -0.00161. The summed E-state index contributed by atoms with van der Waals surface area (Å²) in [7, 11) is 1.65. The van der Waals surface area contributed by atoms with Crippen molar-refractivity contribution in [2.24, 2.45) is 5.73 Å². The van der Waals surface area contributed by atoms with E-state index in [1.807, 2.05) is 25.3 Å². The van der Waals surface area contributed by atoms with Gasteiger partial charge in [-0.25, -0.2) is 0 Å². The number of amides is 1. The Balaban J connectivity index is 2.84. The Labute approximate surface area is 107 Å². The molecule has 4 nitrogen and oxygen atoms in total. The number of nitrogens with two attached hydrogens (primary N) is 1. The average molecular weight is 255 g/mol. The summed E-state index contributed by atoms with van der Waals surface area (Å²) in [5.74, 6) is 0.0223. The summed E-state index contributed by atoms with van der Waals surface area (Å²) >= 11 is 1.68. The molecule has 0 bridgehead atoms. The van der Waals surface area contributed by atoms with Crippen molar-refractivity contribution in [3.63, 3.8) is 0 Å². The Morgan fingerprint density at radius 2 is 2.35 bits per heavy atom. The highest BCUT2D eigenvalue weighted by Crippen LogP contribution is 2.27. The first-order chi connectivity index (χ1) is 8.10. The molecular weight excluding hydrogens is 234 g/mol. The van der Waals surface area contributed by atoms with Crippen molar-refractivity contribution < 1.29 is 4.79 Å². The highest BCUT2D eigenvalue weighted by molar-refractivity contribution is 7.10. The first-order valence-corrected chi connectivity index (χ1v) is 6.71. The molecule has 0 aliphatic rings. The predicted molar refractivity (Wildman–Crippen MR) is 72.0 cm³/mol. The highest BCUT2D eigenvalue weighted by Gasteiger charge is 2.25. The molecule has 96 valence electrons. The third kappa shape index (κ3) is 3.80. The maximum Gasteiger partial charge on any atom is 0.233 e. The average Bonchev–Trinajstić information content (AvgIpc) is 2.80. The lowest BCUT2D eigenvalue weighted by Crippen LogP contribution is -2.43. The van der Waals surface area contributed by atoms with Gasteiger partial charge in [-0.3, -0.25) is 9.69 Å². The Hall–Kier alpha value is -0.910. The number of thiophene rings is 1. The largest absolute Gasteiger partial charge is 0.358 e. The lowest BCUT2D eigenvalue weighted by Gasteiger charge is -2.32. The first-order valence-electron chi connectivity index (χ1n) is 5.83. The van der Waals surface area contributed by atoms with Gasteiger partial charge in [-0.15, -0.1) is 11.3 Å². The molecule has 0 saturated heterocycles. The molecule has 17 heavy (non-hydrogen) atoms.